The normalized spacial score (nSPS) is 14.2. The number of anilines is 1. The second-order valence-corrected chi connectivity index (χ2v) is 9.53. The highest BCUT2D eigenvalue weighted by Crippen LogP contribution is 2.40. The third-order valence-corrected chi connectivity index (χ3v) is 6.97. The summed E-state index contributed by atoms with van der Waals surface area (Å²) in [6.07, 6.45) is -4.66. The summed E-state index contributed by atoms with van der Waals surface area (Å²) in [4.78, 5) is -0.452. The van der Waals surface area contributed by atoms with Gasteiger partial charge >= 0.3 is 6.18 Å². The van der Waals surface area contributed by atoms with Crippen molar-refractivity contribution in [3.63, 3.8) is 0 Å². The van der Waals surface area contributed by atoms with Gasteiger partial charge in [0.2, 0.25) is 0 Å². The summed E-state index contributed by atoms with van der Waals surface area (Å²) in [5, 5.41) is 0.815. The van der Waals surface area contributed by atoms with Crippen molar-refractivity contribution in [2.75, 3.05) is 17.5 Å². The lowest BCUT2D eigenvalue weighted by molar-refractivity contribution is -0.137. The van der Waals surface area contributed by atoms with Crippen LogP contribution in [-0.2, 0) is 16.2 Å². The number of alkyl halides is 3. The molecule has 1 aliphatic rings. The Morgan fingerprint density at radius 3 is 2.29 bits per heavy atom. The first-order valence-corrected chi connectivity index (χ1v) is 11.2. The minimum absolute atomic E-state index is 0.0503. The highest BCUT2D eigenvalue weighted by atomic mass is 35.5. The van der Waals surface area contributed by atoms with Gasteiger partial charge in [-0.3, -0.25) is 4.31 Å². The zero-order valence-corrected chi connectivity index (χ0v) is 18.0. The Morgan fingerprint density at radius 1 is 0.903 bits per heavy atom. The SMILES string of the molecule is O=S(=O)(c1cccc(C(F)(F)F)c1)N1CCOc2ccc(-c3cc(Cl)cc(Cl)c3)cc21. The Balaban J connectivity index is 1.80. The van der Waals surface area contributed by atoms with Gasteiger partial charge in [-0.05, 0) is 59.7 Å². The maximum absolute atomic E-state index is 13.2. The van der Waals surface area contributed by atoms with Crippen molar-refractivity contribution in [2.45, 2.75) is 11.1 Å². The van der Waals surface area contributed by atoms with Gasteiger partial charge in [0.1, 0.15) is 12.4 Å². The molecule has 0 saturated heterocycles. The molecule has 0 N–H and O–H groups in total. The van der Waals surface area contributed by atoms with Crippen molar-refractivity contribution in [3.05, 3.63) is 76.3 Å². The molecule has 0 bridgehead atoms. The van der Waals surface area contributed by atoms with Gasteiger partial charge in [-0.1, -0.05) is 35.3 Å². The Kier molecular flexibility index (Phi) is 5.57. The minimum Gasteiger partial charge on any atom is -0.489 e. The molecule has 0 atom stereocenters. The largest absolute Gasteiger partial charge is 0.489 e. The van der Waals surface area contributed by atoms with Crippen LogP contribution in [0, 0.1) is 0 Å². The van der Waals surface area contributed by atoms with Gasteiger partial charge in [-0.25, -0.2) is 8.42 Å². The number of benzene rings is 3. The molecule has 1 heterocycles. The van der Waals surface area contributed by atoms with Crippen LogP contribution in [0.4, 0.5) is 18.9 Å². The van der Waals surface area contributed by atoms with E-state index in [0.717, 1.165) is 22.5 Å². The Morgan fingerprint density at radius 2 is 1.61 bits per heavy atom. The number of hydrogen-bond acceptors (Lipinski definition) is 3. The van der Waals surface area contributed by atoms with E-state index in [9.17, 15) is 21.6 Å². The van der Waals surface area contributed by atoms with Crippen LogP contribution in [0.1, 0.15) is 5.56 Å². The lowest BCUT2D eigenvalue weighted by Gasteiger charge is -2.31. The van der Waals surface area contributed by atoms with Crippen molar-refractivity contribution in [3.8, 4) is 16.9 Å². The maximum Gasteiger partial charge on any atom is 0.416 e. The van der Waals surface area contributed by atoms with Crippen LogP contribution in [0.3, 0.4) is 0 Å². The predicted molar refractivity (Wildman–Crippen MR) is 113 cm³/mol. The summed E-state index contributed by atoms with van der Waals surface area (Å²) in [5.74, 6) is 0.304. The molecule has 0 radical (unpaired) electrons. The van der Waals surface area contributed by atoms with Crippen LogP contribution >= 0.6 is 23.2 Å². The number of ether oxygens (including phenoxy) is 1. The van der Waals surface area contributed by atoms with Crippen LogP contribution in [0.15, 0.2) is 65.6 Å². The molecule has 3 aromatic rings. The molecule has 0 amide bonds. The van der Waals surface area contributed by atoms with Gasteiger partial charge in [-0.15, -0.1) is 0 Å². The Bertz CT molecular complexity index is 1240. The molecule has 162 valence electrons. The monoisotopic (exact) mass is 487 g/mol. The summed E-state index contributed by atoms with van der Waals surface area (Å²) in [5.41, 5.74) is 0.460. The van der Waals surface area contributed by atoms with Gasteiger partial charge in [0.15, 0.2) is 0 Å². The summed E-state index contributed by atoms with van der Waals surface area (Å²) < 4.78 is 72.4. The van der Waals surface area contributed by atoms with Crippen LogP contribution in [-0.4, -0.2) is 21.6 Å². The van der Waals surface area contributed by atoms with Crippen molar-refractivity contribution < 1.29 is 26.3 Å². The Hall–Kier alpha value is -2.42. The van der Waals surface area contributed by atoms with Crippen molar-refractivity contribution >= 4 is 38.9 Å². The summed E-state index contributed by atoms with van der Waals surface area (Å²) in [6, 6.07) is 13.5. The van der Waals surface area contributed by atoms with E-state index in [-0.39, 0.29) is 18.8 Å². The zero-order valence-electron chi connectivity index (χ0n) is 15.7. The number of rotatable bonds is 3. The van der Waals surface area contributed by atoms with E-state index < -0.39 is 26.7 Å². The second-order valence-electron chi connectivity index (χ2n) is 6.79. The van der Waals surface area contributed by atoms with Gasteiger partial charge in [0, 0.05) is 10.0 Å². The molecule has 31 heavy (non-hydrogen) atoms. The standard InChI is InChI=1S/C21H14Cl2F3NO3S/c22-16-8-14(9-17(23)12-16)13-4-5-20-19(10-13)27(6-7-30-20)31(28,29)18-3-1-2-15(11-18)21(24,25)26/h1-5,8-12H,6-7H2. The molecular formula is C21H14Cl2F3NO3S. The number of halogens is 5. The molecule has 0 aliphatic carbocycles. The van der Waals surface area contributed by atoms with Crippen LogP contribution < -0.4 is 9.04 Å². The number of fused-ring (bicyclic) bond motifs is 1. The lowest BCUT2D eigenvalue weighted by atomic mass is 10.0. The first-order valence-electron chi connectivity index (χ1n) is 8.99. The van der Waals surface area contributed by atoms with Crippen LogP contribution in [0.25, 0.3) is 11.1 Å². The molecule has 0 saturated carbocycles. The van der Waals surface area contributed by atoms with E-state index in [4.69, 9.17) is 27.9 Å². The quantitative estimate of drug-likeness (QED) is 0.437. The maximum atomic E-state index is 13.2. The van der Waals surface area contributed by atoms with Crippen molar-refractivity contribution in [2.24, 2.45) is 0 Å². The minimum atomic E-state index is -4.66. The third-order valence-electron chi connectivity index (χ3n) is 4.72. The fourth-order valence-electron chi connectivity index (χ4n) is 3.30. The molecular weight excluding hydrogens is 474 g/mol. The van der Waals surface area contributed by atoms with E-state index in [0.29, 0.717) is 33.0 Å². The molecule has 0 spiro atoms. The molecule has 0 fully saturated rings. The predicted octanol–water partition coefficient (Wildman–Crippen LogP) is 6.27. The topological polar surface area (TPSA) is 46.6 Å². The molecule has 0 aromatic heterocycles. The number of sulfonamides is 1. The molecule has 10 heteroatoms. The highest BCUT2D eigenvalue weighted by molar-refractivity contribution is 7.92. The van der Waals surface area contributed by atoms with E-state index >= 15 is 0 Å². The van der Waals surface area contributed by atoms with E-state index in [1.165, 1.54) is 0 Å². The van der Waals surface area contributed by atoms with Gasteiger partial charge in [0.05, 0.1) is 22.7 Å². The average Bonchev–Trinajstić information content (AvgIpc) is 2.71. The Labute approximate surface area is 186 Å². The first kappa shape index (κ1) is 21.8. The van der Waals surface area contributed by atoms with Gasteiger partial charge in [0.25, 0.3) is 10.0 Å². The fraction of sp³-hybridized carbons (Fsp3) is 0.143. The zero-order chi connectivity index (χ0) is 22.4. The third kappa shape index (κ3) is 4.33. The second kappa shape index (κ2) is 7.93. The van der Waals surface area contributed by atoms with Crippen LogP contribution in [0.2, 0.25) is 10.0 Å². The highest BCUT2D eigenvalue weighted by Gasteiger charge is 2.34. The first-order chi connectivity index (χ1) is 14.6. The number of hydrogen-bond donors (Lipinski definition) is 0. The van der Waals surface area contributed by atoms with Crippen molar-refractivity contribution in [1.82, 2.24) is 0 Å². The average molecular weight is 488 g/mol. The van der Waals surface area contributed by atoms with Gasteiger partial charge in [-0.2, -0.15) is 13.2 Å². The molecule has 0 unspecified atom stereocenters. The summed E-state index contributed by atoms with van der Waals surface area (Å²) in [6.45, 7) is 0.0128. The molecule has 3 aromatic carbocycles. The van der Waals surface area contributed by atoms with Crippen LogP contribution in [0.5, 0.6) is 5.75 Å². The summed E-state index contributed by atoms with van der Waals surface area (Å²) in [7, 11) is -4.27. The lowest BCUT2D eigenvalue weighted by Crippen LogP contribution is -2.38. The summed E-state index contributed by atoms with van der Waals surface area (Å²) >= 11 is 12.1. The van der Waals surface area contributed by atoms with E-state index in [1.807, 2.05) is 0 Å². The van der Waals surface area contributed by atoms with E-state index in [1.54, 1.807) is 36.4 Å². The number of nitrogens with zero attached hydrogens (tertiary/aromatic N) is 1. The molecule has 4 rings (SSSR count). The van der Waals surface area contributed by atoms with Gasteiger partial charge < -0.3 is 4.74 Å². The van der Waals surface area contributed by atoms with Crippen molar-refractivity contribution in [1.29, 1.82) is 0 Å². The molecule has 4 nitrogen and oxygen atoms in total. The smallest absolute Gasteiger partial charge is 0.416 e. The van der Waals surface area contributed by atoms with E-state index in [2.05, 4.69) is 0 Å². The fourth-order valence-corrected chi connectivity index (χ4v) is 5.33. The molecule has 1 aliphatic heterocycles.